The van der Waals surface area contributed by atoms with Crippen molar-refractivity contribution in [3.63, 3.8) is 0 Å². The molecule has 0 aliphatic rings. The largest absolute Gasteiger partial charge is 0.497 e. The minimum atomic E-state index is 0.373. The Morgan fingerprint density at radius 3 is 2.21 bits per heavy atom. The van der Waals surface area contributed by atoms with E-state index in [0.717, 1.165) is 23.4 Å². The first-order chi connectivity index (χ1) is 11.6. The standard InChI is InChI=1S/C17H18N4O2S/c1-12(18-14-5-3-13(11-22)4-6-14)20-21-17(24)19-15-7-9-16(23-2)10-8-15/h3-11H,1-2H3,(H,18,20)(H2,19,21,24). The number of hydrogen-bond donors (Lipinski definition) is 3. The third-order valence-corrected chi connectivity index (χ3v) is 3.24. The summed E-state index contributed by atoms with van der Waals surface area (Å²) < 4.78 is 5.10. The summed E-state index contributed by atoms with van der Waals surface area (Å²) in [6, 6.07) is 14.5. The van der Waals surface area contributed by atoms with E-state index in [0.29, 0.717) is 16.5 Å². The molecular weight excluding hydrogens is 324 g/mol. The molecule has 7 heteroatoms. The summed E-state index contributed by atoms with van der Waals surface area (Å²) in [4.78, 5) is 10.6. The van der Waals surface area contributed by atoms with Gasteiger partial charge in [0, 0.05) is 16.9 Å². The van der Waals surface area contributed by atoms with Crippen LogP contribution in [0.3, 0.4) is 0 Å². The number of rotatable bonds is 5. The molecule has 2 aromatic carbocycles. The monoisotopic (exact) mass is 342 g/mol. The van der Waals surface area contributed by atoms with E-state index in [1.165, 1.54) is 0 Å². The molecule has 6 nitrogen and oxygen atoms in total. The molecule has 2 rings (SSSR count). The van der Waals surface area contributed by atoms with Crippen molar-refractivity contribution in [1.82, 2.24) is 5.43 Å². The fraction of sp³-hybridized carbons (Fsp3) is 0.118. The SMILES string of the molecule is COc1ccc(NC(=S)NN=C(C)Nc2ccc(C=O)cc2)cc1. The van der Waals surface area contributed by atoms with Gasteiger partial charge in [0.15, 0.2) is 5.11 Å². The summed E-state index contributed by atoms with van der Waals surface area (Å²) in [6.07, 6.45) is 0.801. The number of ether oxygens (including phenoxy) is 1. The van der Waals surface area contributed by atoms with Gasteiger partial charge in [-0.05, 0) is 67.7 Å². The summed E-state index contributed by atoms with van der Waals surface area (Å²) in [5.74, 6) is 1.41. The maximum Gasteiger partial charge on any atom is 0.191 e. The molecule has 124 valence electrons. The van der Waals surface area contributed by atoms with Gasteiger partial charge in [-0.15, -0.1) is 0 Å². The zero-order valence-corrected chi connectivity index (χ0v) is 14.2. The van der Waals surface area contributed by atoms with E-state index >= 15 is 0 Å². The lowest BCUT2D eigenvalue weighted by molar-refractivity contribution is 0.112. The number of thiocarbonyl (C=S) groups is 1. The number of amidine groups is 1. The van der Waals surface area contributed by atoms with Gasteiger partial charge in [0.25, 0.3) is 0 Å². The zero-order chi connectivity index (χ0) is 17.4. The molecule has 0 amide bonds. The molecule has 3 N–H and O–H groups in total. The molecule has 0 spiro atoms. The van der Waals surface area contributed by atoms with Gasteiger partial charge in [-0.3, -0.25) is 10.2 Å². The summed E-state index contributed by atoms with van der Waals surface area (Å²) in [7, 11) is 1.62. The number of methoxy groups -OCH3 is 1. The topological polar surface area (TPSA) is 74.8 Å². The van der Waals surface area contributed by atoms with Crippen LogP contribution in [-0.4, -0.2) is 24.3 Å². The molecule has 24 heavy (non-hydrogen) atoms. The second-order valence-electron chi connectivity index (χ2n) is 4.86. The second-order valence-corrected chi connectivity index (χ2v) is 5.26. The fourth-order valence-corrected chi connectivity index (χ4v) is 2.01. The molecule has 0 saturated heterocycles. The molecule has 0 saturated carbocycles. The van der Waals surface area contributed by atoms with Gasteiger partial charge < -0.3 is 15.4 Å². The van der Waals surface area contributed by atoms with Crippen molar-refractivity contribution in [2.45, 2.75) is 6.92 Å². The molecule has 0 radical (unpaired) electrons. The molecular formula is C17H18N4O2S. The van der Waals surface area contributed by atoms with E-state index in [9.17, 15) is 4.79 Å². The first-order valence-corrected chi connectivity index (χ1v) is 7.59. The van der Waals surface area contributed by atoms with Gasteiger partial charge >= 0.3 is 0 Å². The first-order valence-electron chi connectivity index (χ1n) is 7.18. The van der Waals surface area contributed by atoms with Crippen LogP contribution in [0.15, 0.2) is 53.6 Å². The van der Waals surface area contributed by atoms with E-state index in [4.69, 9.17) is 17.0 Å². The predicted octanol–water partition coefficient (Wildman–Crippen LogP) is 3.24. The van der Waals surface area contributed by atoms with Crippen LogP contribution in [0.4, 0.5) is 11.4 Å². The number of benzene rings is 2. The van der Waals surface area contributed by atoms with Gasteiger partial charge in [0.05, 0.1) is 7.11 Å². The third-order valence-electron chi connectivity index (χ3n) is 3.05. The molecule has 0 atom stereocenters. The second kappa shape index (κ2) is 8.64. The van der Waals surface area contributed by atoms with Crippen LogP contribution >= 0.6 is 12.2 Å². The molecule has 0 aliphatic carbocycles. The van der Waals surface area contributed by atoms with E-state index in [2.05, 4.69) is 21.2 Å². The predicted molar refractivity (Wildman–Crippen MR) is 101 cm³/mol. The van der Waals surface area contributed by atoms with Crippen LogP contribution in [0.25, 0.3) is 0 Å². The van der Waals surface area contributed by atoms with Crippen LogP contribution < -0.4 is 20.8 Å². The summed E-state index contributed by atoms with van der Waals surface area (Å²) in [6.45, 7) is 1.80. The lowest BCUT2D eigenvalue weighted by Gasteiger charge is -2.09. The quantitative estimate of drug-likeness (QED) is 0.255. The molecule has 0 heterocycles. The van der Waals surface area contributed by atoms with Gasteiger partial charge in [-0.1, -0.05) is 0 Å². The molecule has 0 aromatic heterocycles. The number of hydrogen-bond acceptors (Lipinski definition) is 4. The van der Waals surface area contributed by atoms with Crippen molar-refractivity contribution in [2.75, 3.05) is 17.7 Å². The Balaban J connectivity index is 1.85. The Bertz CT molecular complexity index is 727. The highest BCUT2D eigenvalue weighted by molar-refractivity contribution is 7.80. The molecule has 0 bridgehead atoms. The summed E-state index contributed by atoms with van der Waals surface area (Å²) >= 11 is 5.19. The first kappa shape index (κ1) is 17.4. The average Bonchev–Trinajstić information content (AvgIpc) is 2.61. The van der Waals surface area contributed by atoms with Crippen molar-refractivity contribution >= 4 is 40.8 Å². The van der Waals surface area contributed by atoms with Crippen molar-refractivity contribution < 1.29 is 9.53 Å². The maximum atomic E-state index is 10.6. The molecule has 0 fully saturated rings. The summed E-state index contributed by atoms with van der Waals surface area (Å²) in [5.41, 5.74) is 5.05. The lowest BCUT2D eigenvalue weighted by Crippen LogP contribution is -2.26. The van der Waals surface area contributed by atoms with Crippen molar-refractivity contribution in [3.05, 3.63) is 54.1 Å². The lowest BCUT2D eigenvalue weighted by atomic mass is 10.2. The van der Waals surface area contributed by atoms with Gasteiger partial charge in [-0.2, -0.15) is 5.10 Å². The minimum absolute atomic E-state index is 0.373. The number of carbonyl (C=O) groups excluding carboxylic acids is 1. The van der Waals surface area contributed by atoms with Crippen LogP contribution in [0.5, 0.6) is 5.75 Å². The highest BCUT2D eigenvalue weighted by Crippen LogP contribution is 2.14. The molecule has 2 aromatic rings. The van der Waals surface area contributed by atoms with Crippen LogP contribution in [0.2, 0.25) is 0 Å². The van der Waals surface area contributed by atoms with Crippen LogP contribution in [0, 0.1) is 0 Å². The normalized spacial score (nSPS) is 10.7. The van der Waals surface area contributed by atoms with Crippen LogP contribution in [-0.2, 0) is 0 Å². The van der Waals surface area contributed by atoms with E-state index in [-0.39, 0.29) is 0 Å². The highest BCUT2D eigenvalue weighted by Gasteiger charge is 1.99. The number of nitrogens with zero attached hydrogens (tertiary/aromatic N) is 1. The number of aldehydes is 1. The van der Waals surface area contributed by atoms with E-state index in [1.807, 2.05) is 24.3 Å². The third kappa shape index (κ3) is 5.36. The Kier molecular flexibility index (Phi) is 6.27. The van der Waals surface area contributed by atoms with E-state index in [1.54, 1.807) is 38.3 Å². The van der Waals surface area contributed by atoms with Crippen molar-refractivity contribution in [2.24, 2.45) is 5.10 Å². The Hall–Kier alpha value is -2.93. The number of anilines is 2. The fourth-order valence-electron chi connectivity index (χ4n) is 1.85. The minimum Gasteiger partial charge on any atom is -0.497 e. The maximum absolute atomic E-state index is 10.6. The highest BCUT2D eigenvalue weighted by atomic mass is 32.1. The van der Waals surface area contributed by atoms with Crippen LogP contribution in [0.1, 0.15) is 17.3 Å². The van der Waals surface area contributed by atoms with Gasteiger partial charge in [0.2, 0.25) is 0 Å². The van der Waals surface area contributed by atoms with Crippen molar-refractivity contribution in [3.8, 4) is 5.75 Å². The summed E-state index contributed by atoms with van der Waals surface area (Å²) in [5, 5.41) is 10.6. The molecule has 0 unspecified atom stereocenters. The van der Waals surface area contributed by atoms with E-state index < -0.39 is 0 Å². The van der Waals surface area contributed by atoms with Gasteiger partial charge in [-0.25, -0.2) is 0 Å². The Labute approximate surface area is 145 Å². The number of hydrazone groups is 1. The Morgan fingerprint density at radius 1 is 1.04 bits per heavy atom. The molecule has 0 aliphatic heterocycles. The number of nitrogens with one attached hydrogen (secondary N) is 3. The smallest absolute Gasteiger partial charge is 0.191 e. The number of carbonyl (C=O) groups is 1. The Morgan fingerprint density at radius 2 is 1.62 bits per heavy atom. The van der Waals surface area contributed by atoms with Crippen molar-refractivity contribution in [1.29, 1.82) is 0 Å². The zero-order valence-electron chi connectivity index (χ0n) is 13.4. The van der Waals surface area contributed by atoms with Gasteiger partial charge in [0.1, 0.15) is 17.9 Å². The average molecular weight is 342 g/mol.